The van der Waals surface area contributed by atoms with Gasteiger partial charge in [0.25, 0.3) is 0 Å². The molecule has 1 aliphatic heterocycles. The van der Waals surface area contributed by atoms with Crippen molar-refractivity contribution in [1.82, 2.24) is 42.5 Å². The van der Waals surface area contributed by atoms with Gasteiger partial charge in [0.05, 0.1) is 25.4 Å². The predicted octanol–water partition coefficient (Wildman–Crippen LogP) is -1.64. The number of guanidine groups is 1. The number of rotatable bonds is 17. The van der Waals surface area contributed by atoms with E-state index >= 15 is 0 Å². The van der Waals surface area contributed by atoms with Crippen LogP contribution in [-0.2, 0) is 54.4 Å². The average Bonchev–Trinajstić information content (AvgIpc) is 3.29. The van der Waals surface area contributed by atoms with Crippen LogP contribution in [0, 0.1) is 0 Å². The molecule has 402 valence electrons. The summed E-state index contributed by atoms with van der Waals surface area (Å²) in [5, 5.41) is 30.1. The molecule has 8 amide bonds. The fourth-order valence-electron chi connectivity index (χ4n) is 6.66. The number of unbranched alkanes of at least 4 members (excludes halogenated alkanes) is 1. The molecule has 23 nitrogen and oxygen atoms in total. The summed E-state index contributed by atoms with van der Waals surface area (Å²) in [6.45, 7) is 10.7. The second kappa shape index (κ2) is 31.1. The number of nitrogens with zero attached hydrogens (tertiary/aromatic N) is 1. The number of nitrogens with two attached hydrogens (primary N) is 3. The first-order valence-corrected chi connectivity index (χ1v) is 26.1. The predicted molar refractivity (Wildman–Crippen MR) is 280 cm³/mol. The number of carboxylic acid groups (broad SMARTS) is 1. The number of hydrogen-bond acceptors (Lipinski definition) is 15. The van der Waals surface area contributed by atoms with Crippen LogP contribution in [-0.4, -0.2) is 159 Å². The number of aliphatic carboxylic acids is 1. The van der Waals surface area contributed by atoms with Crippen molar-refractivity contribution in [1.29, 1.82) is 0 Å². The highest BCUT2D eigenvalue weighted by Gasteiger charge is 2.35. The lowest BCUT2D eigenvalue weighted by Crippen LogP contribution is -2.60. The van der Waals surface area contributed by atoms with Crippen LogP contribution in [0.25, 0.3) is 0 Å². The monoisotopic (exact) mass is 1070 g/mol. The smallest absolute Gasteiger partial charge is 0.305 e. The zero-order chi connectivity index (χ0) is 54.2. The third kappa shape index (κ3) is 25.2. The lowest BCUT2D eigenvalue weighted by molar-refractivity contribution is -0.141. The van der Waals surface area contributed by atoms with Crippen LogP contribution in [0.15, 0.2) is 35.3 Å². The molecule has 0 aromatic heterocycles. The Morgan fingerprint density at radius 1 is 0.639 bits per heavy atom. The largest absolute Gasteiger partial charge is 0.481 e. The molecule has 7 atom stereocenters. The van der Waals surface area contributed by atoms with Gasteiger partial charge in [-0.1, -0.05) is 71.9 Å². The first kappa shape index (κ1) is 62.5. The van der Waals surface area contributed by atoms with E-state index in [1.807, 2.05) is 41.5 Å². The van der Waals surface area contributed by atoms with Gasteiger partial charge in [-0.2, -0.15) is 36.2 Å². The maximum Gasteiger partial charge on any atom is 0.305 e. The number of thiol groups is 1. The Bertz CT molecular complexity index is 2070. The van der Waals surface area contributed by atoms with Gasteiger partial charge in [0.15, 0.2) is 11.7 Å². The number of thioether (sulfide) groups is 2. The molecular formula is C46H74N12O11S3. The minimum Gasteiger partial charge on any atom is -0.481 e. The summed E-state index contributed by atoms with van der Waals surface area (Å²) in [5.74, 6) is -10.0. The number of Topliss-reactive ketones (excluding diaryl/α,β-unsaturated/α-hetero) is 1. The quantitative estimate of drug-likeness (QED) is 0.0274. The van der Waals surface area contributed by atoms with Gasteiger partial charge in [-0.25, -0.2) is 0 Å². The summed E-state index contributed by atoms with van der Waals surface area (Å²) in [5.41, 5.74) is 17.3. The molecule has 1 aliphatic rings. The summed E-state index contributed by atoms with van der Waals surface area (Å²) in [7, 11) is 0. The molecule has 1 aromatic rings. The van der Waals surface area contributed by atoms with Crippen molar-refractivity contribution < 1.29 is 53.1 Å². The van der Waals surface area contributed by atoms with Crippen molar-refractivity contribution in [2.45, 2.75) is 145 Å². The number of aliphatic imine (C=N–C) groups is 1. The van der Waals surface area contributed by atoms with Crippen molar-refractivity contribution in [2.75, 3.05) is 36.9 Å². The Labute approximate surface area is 434 Å². The summed E-state index contributed by atoms with van der Waals surface area (Å²) < 4.78 is -0.889. The molecule has 0 unspecified atom stereocenters. The van der Waals surface area contributed by atoms with E-state index < -0.39 is 130 Å². The fourth-order valence-corrected chi connectivity index (χ4v) is 8.76. The Balaban J connectivity index is 2.74. The van der Waals surface area contributed by atoms with Crippen LogP contribution in [0.3, 0.4) is 0 Å². The molecule has 72 heavy (non-hydrogen) atoms. The van der Waals surface area contributed by atoms with Crippen LogP contribution >= 0.6 is 36.2 Å². The highest BCUT2D eigenvalue weighted by molar-refractivity contribution is 8.00. The van der Waals surface area contributed by atoms with E-state index in [9.17, 15) is 53.1 Å². The van der Waals surface area contributed by atoms with E-state index in [4.69, 9.17) is 17.2 Å². The molecule has 0 radical (unpaired) electrons. The molecule has 1 saturated heterocycles. The molecule has 1 fully saturated rings. The standard InChI is InChI=1S/C46H74N12O11S3/c1-45(2,3)71-24-32-42(68)54-27(16-12-18-50-44(48)49)38(64)51-22-36(61)53-30(20-37(62)63)41(67)58-33(25-72-46(4,5)6)43(69)55-29(19-26-13-8-7-9-14-26)40(66)56-31(23-70)34(59)21-35(60)52-28(39(65)57-32)15-10-11-17-47/h7-9,13-14,27-33,70H,10-12,15-25,47H2,1-6H3,(H,51,64)(H,52,60)(H,53,61)(H,54,68)(H,55,69)(H,56,66)(H,57,65)(H,58,67)(H,62,63)(H4,48,49,50)/t27-,28-,29-,30-,31-,32-,33-/m0/s1. The van der Waals surface area contributed by atoms with Crippen LogP contribution < -0.4 is 59.7 Å². The molecule has 0 aliphatic carbocycles. The number of ketones is 1. The van der Waals surface area contributed by atoms with Gasteiger partial charge in [0, 0.05) is 39.7 Å². The first-order chi connectivity index (χ1) is 33.7. The Kier molecular flexibility index (Phi) is 27.0. The number of benzene rings is 1. The molecule has 0 bridgehead atoms. The van der Waals surface area contributed by atoms with Crippen LogP contribution in [0.1, 0.15) is 92.1 Å². The normalized spacial score (nSPS) is 23.2. The zero-order valence-corrected chi connectivity index (χ0v) is 44.3. The SMILES string of the molecule is CC(C)(C)SC[C@@H]1NC(=O)[C@H](CCCCN)NC(=O)CC(=O)[C@H](CS)NC(=O)[C@H](Cc2ccccc2)NC(=O)[C@H](CSC(C)(C)C)NC(=O)[C@H](CC(=O)O)NC(=O)CNC(=O)[C@H](CCCN=C(N)N)NC1=O. The van der Waals surface area contributed by atoms with E-state index in [-0.39, 0.29) is 62.0 Å². The Hall–Kier alpha value is -5.60. The maximum absolute atomic E-state index is 14.2. The van der Waals surface area contributed by atoms with Gasteiger partial charge < -0.3 is 64.8 Å². The maximum atomic E-state index is 14.2. The van der Waals surface area contributed by atoms with Crippen molar-refractivity contribution in [3.05, 3.63) is 35.9 Å². The van der Waals surface area contributed by atoms with Crippen molar-refractivity contribution in [3.8, 4) is 0 Å². The summed E-state index contributed by atoms with van der Waals surface area (Å²) >= 11 is 6.85. The summed E-state index contributed by atoms with van der Waals surface area (Å²) in [6, 6.07) is -1.32. The third-order valence-corrected chi connectivity index (χ3v) is 13.5. The number of nitrogens with one attached hydrogen (secondary N) is 8. The molecule has 1 aromatic carbocycles. The summed E-state index contributed by atoms with van der Waals surface area (Å²) in [6.07, 6.45) is -0.900. The molecule has 15 N–H and O–H groups in total. The van der Waals surface area contributed by atoms with Gasteiger partial charge in [0.1, 0.15) is 36.3 Å². The summed E-state index contributed by atoms with van der Waals surface area (Å²) in [4.78, 5) is 141. The first-order valence-electron chi connectivity index (χ1n) is 23.5. The highest BCUT2D eigenvalue weighted by atomic mass is 32.2. The Morgan fingerprint density at radius 3 is 1.64 bits per heavy atom. The number of carbonyl (C=O) groups is 10. The molecule has 0 saturated carbocycles. The second-order valence-corrected chi connectivity index (χ2v) is 23.0. The van der Waals surface area contributed by atoms with Gasteiger partial charge >= 0.3 is 5.97 Å². The van der Waals surface area contributed by atoms with E-state index in [0.717, 1.165) is 0 Å². The minimum atomic E-state index is -1.78. The number of carbonyl (C=O) groups excluding carboxylic acids is 9. The number of hydrogen-bond donors (Lipinski definition) is 13. The molecule has 1 heterocycles. The van der Waals surface area contributed by atoms with Crippen LogP contribution in [0.4, 0.5) is 0 Å². The molecule has 0 spiro atoms. The van der Waals surface area contributed by atoms with E-state index in [1.54, 1.807) is 30.3 Å². The average molecular weight is 1070 g/mol. The van der Waals surface area contributed by atoms with Crippen molar-refractivity contribution >= 4 is 101 Å². The lowest BCUT2D eigenvalue weighted by Gasteiger charge is -2.28. The lowest BCUT2D eigenvalue weighted by atomic mass is 10.0. The van der Waals surface area contributed by atoms with Crippen molar-refractivity contribution in [2.24, 2.45) is 22.2 Å². The molecular weight excluding hydrogens is 993 g/mol. The van der Waals surface area contributed by atoms with E-state index in [1.165, 1.54) is 23.5 Å². The van der Waals surface area contributed by atoms with E-state index in [0.29, 0.717) is 18.4 Å². The fraction of sp³-hybridized carbons (Fsp3) is 0.630. The van der Waals surface area contributed by atoms with Gasteiger partial charge in [-0.05, 0) is 44.2 Å². The number of amides is 8. The van der Waals surface area contributed by atoms with Gasteiger partial charge in [-0.15, -0.1) is 0 Å². The second-order valence-electron chi connectivity index (χ2n) is 19.0. The zero-order valence-electron chi connectivity index (χ0n) is 41.8. The molecule has 26 heteroatoms. The number of carboxylic acids is 1. The van der Waals surface area contributed by atoms with Crippen LogP contribution in [0.2, 0.25) is 0 Å². The van der Waals surface area contributed by atoms with Gasteiger partial charge in [-0.3, -0.25) is 52.9 Å². The minimum absolute atomic E-state index is 0.00834. The third-order valence-electron chi connectivity index (χ3n) is 10.4. The van der Waals surface area contributed by atoms with E-state index in [2.05, 4.69) is 60.2 Å². The Morgan fingerprint density at radius 2 is 1.11 bits per heavy atom. The molecule has 2 rings (SSSR count). The highest BCUT2D eigenvalue weighted by Crippen LogP contribution is 2.25. The van der Waals surface area contributed by atoms with Crippen molar-refractivity contribution in [3.63, 3.8) is 0 Å². The van der Waals surface area contributed by atoms with Crippen LogP contribution in [0.5, 0.6) is 0 Å². The topological polar surface area (TPSA) is 378 Å². The van der Waals surface area contributed by atoms with Gasteiger partial charge in [0.2, 0.25) is 47.3 Å².